The molecule has 2 rings (SSSR count). The molecule has 0 bridgehead atoms. The van der Waals surface area contributed by atoms with E-state index in [4.69, 9.17) is 11.6 Å². The molecule has 0 saturated heterocycles. The van der Waals surface area contributed by atoms with E-state index in [-0.39, 0.29) is 10.6 Å². The van der Waals surface area contributed by atoms with Crippen molar-refractivity contribution in [3.63, 3.8) is 0 Å². The highest BCUT2D eigenvalue weighted by Gasteiger charge is 2.29. The van der Waals surface area contributed by atoms with Crippen LogP contribution in [0.5, 0.6) is 0 Å². The van der Waals surface area contributed by atoms with Gasteiger partial charge in [0.15, 0.2) is 4.90 Å². The zero-order valence-corrected chi connectivity index (χ0v) is 14.6. The van der Waals surface area contributed by atoms with E-state index in [0.29, 0.717) is 0 Å². The number of esters is 1. The Kier molecular flexibility index (Phi) is 6.10. The Bertz CT molecular complexity index is 869. The van der Waals surface area contributed by atoms with Crippen molar-refractivity contribution in [1.29, 1.82) is 0 Å². The van der Waals surface area contributed by atoms with Gasteiger partial charge in [0.05, 0.1) is 19.6 Å². The average molecular weight is 390 g/mol. The number of hydrogen-bond donors (Lipinski definition) is 1. The standard InChI is InChI=1S/C16H14ClF2NO4S/c1-24-15(21)9-14(10-5-2-3-6-11(10)17)20-25(22,23)16-12(18)7-4-8-13(16)19/h2-8,14,20H,9H2,1H3. The Labute approximate surface area is 148 Å². The maximum Gasteiger partial charge on any atom is 0.307 e. The number of benzene rings is 2. The van der Waals surface area contributed by atoms with E-state index in [1.54, 1.807) is 12.1 Å². The molecular formula is C16H14ClF2NO4S. The second kappa shape index (κ2) is 7.90. The predicted molar refractivity (Wildman–Crippen MR) is 87.5 cm³/mol. The van der Waals surface area contributed by atoms with Gasteiger partial charge < -0.3 is 4.74 Å². The van der Waals surface area contributed by atoms with Gasteiger partial charge in [-0.25, -0.2) is 21.9 Å². The number of halogens is 3. The van der Waals surface area contributed by atoms with Gasteiger partial charge in [-0.15, -0.1) is 0 Å². The number of ether oxygens (including phenoxy) is 1. The molecule has 0 aliphatic heterocycles. The number of carbonyl (C=O) groups is 1. The number of methoxy groups -OCH3 is 1. The van der Waals surface area contributed by atoms with Gasteiger partial charge in [0, 0.05) is 5.02 Å². The molecule has 5 nitrogen and oxygen atoms in total. The fraction of sp³-hybridized carbons (Fsp3) is 0.188. The highest BCUT2D eigenvalue weighted by molar-refractivity contribution is 7.89. The third-order valence-corrected chi connectivity index (χ3v) is 5.23. The molecule has 0 aromatic heterocycles. The third-order valence-electron chi connectivity index (χ3n) is 3.36. The van der Waals surface area contributed by atoms with E-state index < -0.39 is 45.0 Å². The van der Waals surface area contributed by atoms with Gasteiger partial charge in [-0.2, -0.15) is 0 Å². The van der Waals surface area contributed by atoms with Gasteiger partial charge in [0.25, 0.3) is 0 Å². The first-order chi connectivity index (χ1) is 11.8. The normalized spacial score (nSPS) is 12.6. The molecule has 0 aliphatic rings. The number of hydrogen-bond acceptors (Lipinski definition) is 4. The summed E-state index contributed by atoms with van der Waals surface area (Å²) in [6.45, 7) is 0. The molecule has 0 amide bonds. The van der Waals surface area contributed by atoms with Crippen LogP contribution < -0.4 is 4.72 Å². The van der Waals surface area contributed by atoms with Crippen molar-refractivity contribution >= 4 is 27.6 Å². The van der Waals surface area contributed by atoms with Gasteiger partial charge in [0.2, 0.25) is 10.0 Å². The summed E-state index contributed by atoms with van der Waals surface area (Å²) >= 11 is 6.05. The monoisotopic (exact) mass is 389 g/mol. The summed E-state index contributed by atoms with van der Waals surface area (Å²) < 4.78 is 59.2. The lowest BCUT2D eigenvalue weighted by molar-refractivity contribution is -0.141. The van der Waals surface area contributed by atoms with Gasteiger partial charge in [-0.3, -0.25) is 4.79 Å². The predicted octanol–water partition coefficient (Wildman–Crippen LogP) is 3.20. The molecule has 0 aliphatic carbocycles. The quantitative estimate of drug-likeness (QED) is 0.770. The average Bonchev–Trinajstić information content (AvgIpc) is 2.54. The van der Waals surface area contributed by atoms with Crippen molar-refractivity contribution in [3.8, 4) is 0 Å². The molecule has 1 atom stereocenters. The van der Waals surface area contributed by atoms with E-state index in [9.17, 15) is 22.0 Å². The summed E-state index contributed by atoms with van der Waals surface area (Å²) in [5.74, 6) is -3.21. The maximum absolute atomic E-state index is 13.8. The van der Waals surface area contributed by atoms with Crippen molar-refractivity contribution in [2.45, 2.75) is 17.4 Å². The molecular weight excluding hydrogens is 376 g/mol. The molecule has 2 aromatic rings. The van der Waals surface area contributed by atoms with Crippen molar-refractivity contribution < 1.29 is 26.7 Å². The van der Waals surface area contributed by atoms with Crippen LogP contribution in [0, 0.1) is 11.6 Å². The molecule has 0 saturated carbocycles. The number of nitrogens with one attached hydrogen (secondary N) is 1. The Morgan fingerprint density at radius 1 is 1.16 bits per heavy atom. The summed E-state index contributed by atoms with van der Waals surface area (Å²) in [5.41, 5.74) is 0.273. The second-order valence-electron chi connectivity index (χ2n) is 5.03. The van der Waals surface area contributed by atoms with Crippen molar-refractivity contribution in [1.82, 2.24) is 4.72 Å². The Morgan fingerprint density at radius 3 is 2.32 bits per heavy atom. The first-order valence-electron chi connectivity index (χ1n) is 7.04. The SMILES string of the molecule is COC(=O)CC(NS(=O)(=O)c1c(F)cccc1F)c1ccccc1Cl. The van der Waals surface area contributed by atoms with Crippen LogP contribution in [0.4, 0.5) is 8.78 Å². The van der Waals surface area contributed by atoms with Gasteiger partial charge in [-0.05, 0) is 23.8 Å². The van der Waals surface area contributed by atoms with Gasteiger partial charge in [-0.1, -0.05) is 35.9 Å². The van der Waals surface area contributed by atoms with Crippen LogP contribution in [0.25, 0.3) is 0 Å². The first-order valence-corrected chi connectivity index (χ1v) is 8.90. The van der Waals surface area contributed by atoms with Crippen molar-refractivity contribution in [2.75, 3.05) is 7.11 Å². The number of sulfonamides is 1. The number of carbonyl (C=O) groups excluding carboxylic acids is 1. The van der Waals surface area contributed by atoms with Crippen LogP contribution in [0.3, 0.4) is 0 Å². The topological polar surface area (TPSA) is 72.5 Å². The molecule has 0 spiro atoms. The van der Waals surface area contributed by atoms with E-state index in [1.807, 2.05) is 0 Å². The molecule has 9 heteroatoms. The van der Waals surface area contributed by atoms with Crippen LogP contribution >= 0.6 is 11.6 Å². The largest absolute Gasteiger partial charge is 0.469 e. The van der Waals surface area contributed by atoms with Crippen molar-refractivity contribution in [3.05, 3.63) is 64.7 Å². The molecule has 134 valence electrons. The smallest absolute Gasteiger partial charge is 0.307 e. The lowest BCUT2D eigenvalue weighted by atomic mass is 10.1. The summed E-state index contributed by atoms with van der Waals surface area (Å²) in [6.07, 6.45) is -0.407. The Balaban J connectivity index is 2.46. The zero-order valence-electron chi connectivity index (χ0n) is 13.0. The minimum Gasteiger partial charge on any atom is -0.469 e. The highest BCUT2D eigenvalue weighted by Crippen LogP contribution is 2.28. The molecule has 0 heterocycles. The van der Waals surface area contributed by atoms with Crippen LogP contribution in [0.2, 0.25) is 5.02 Å². The summed E-state index contributed by atoms with van der Waals surface area (Å²) in [6, 6.07) is 7.73. The lowest BCUT2D eigenvalue weighted by Crippen LogP contribution is -2.32. The molecule has 0 radical (unpaired) electrons. The fourth-order valence-corrected chi connectivity index (χ4v) is 3.83. The van der Waals surface area contributed by atoms with E-state index in [0.717, 1.165) is 25.3 Å². The van der Waals surface area contributed by atoms with Crippen LogP contribution in [0.1, 0.15) is 18.0 Å². The Morgan fingerprint density at radius 2 is 1.76 bits per heavy atom. The lowest BCUT2D eigenvalue weighted by Gasteiger charge is -2.19. The second-order valence-corrected chi connectivity index (χ2v) is 7.08. The summed E-state index contributed by atoms with van der Waals surface area (Å²) in [5, 5.41) is 0.188. The van der Waals surface area contributed by atoms with Crippen LogP contribution in [-0.4, -0.2) is 21.5 Å². The number of rotatable bonds is 6. The molecule has 2 aromatic carbocycles. The summed E-state index contributed by atoms with van der Waals surface area (Å²) in [7, 11) is -3.47. The van der Waals surface area contributed by atoms with Gasteiger partial charge >= 0.3 is 5.97 Å². The minimum absolute atomic E-state index is 0.188. The van der Waals surface area contributed by atoms with Gasteiger partial charge in [0.1, 0.15) is 11.6 Å². The fourth-order valence-electron chi connectivity index (χ4n) is 2.21. The van der Waals surface area contributed by atoms with Crippen LogP contribution in [0.15, 0.2) is 47.4 Å². The molecule has 1 unspecified atom stereocenters. The van der Waals surface area contributed by atoms with E-state index in [2.05, 4.69) is 9.46 Å². The maximum atomic E-state index is 13.8. The zero-order chi connectivity index (χ0) is 18.6. The van der Waals surface area contributed by atoms with Crippen LogP contribution in [-0.2, 0) is 19.6 Å². The first kappa shape index (κ1) is 19.3. The summed E-state index contributed by atoms with van der Waals surface area (Å²) in [4.78, 5) is 10.5. The Hall–Kier alpha value is -2.03. The highest BCUT2D eigenvalue weighted by atomic mass is 35.5. The molecule has 25 heavy (non-hydrogen) atoms. The van der Waals surface area contributed by atoms with Crippen molar-refractivity contribution in [2.24, 2.45) is 0 Å². The van der Waals surface area contributed by atoms with E-state index in [1.165, 1.54) is 12.1 Å². The molecule has 1 N–H and O–H groups in total. The molecule has 0 fully saturated rings. The minimum atomic E-state index is -4.61. The van der Waals surface area contributed by atoms with E-state index >= 15 is 0 Å². The third kappa shape index (κ3) is 4.53.